The van der Waals surface area contributed by atoms with Crippen molar-refractivity contribution in [2.24, 2.45) is 0 Å². The van der Waals surface area contributed by atoms with Gasteiger partial charge in [0.1, 0.15) is 12.2 Å². The Kier molecular flexibility index (Phi) is 3.26. The molecule has 0 bridgehead atoms. The van der Waals surface area contributed by atoms with Crippen LogP contribution in [0.3, 0.4) is 0 Å². The van der Waals surface area contributed by atoms with Crippen molar-refractivity contribution in [1.29, 1.82) is 0 Å². The number of rotatable bonds is 3. The third-order valence-corrected chi connectivity index (χ3v) is 4.53. The number of hydrogen-bond donors (Lipinski definition) is 1. The lowest BCUT2D eigenvalue weighted by Crippen LogP contribution is -2.27. The molecule has 1 saturated heterocycles. The quantitative estimate of drug-likeness (QED) is 0.787. The van der Waals surface area contributed by atoms with Crippen LogP contribution in [-0.4, -0.2) is 49.3 Å². The molecule has 3 aromatic rings. The Morgan fingerprint density at radius 1 is 1.35 bits per heavy atom. The van der Waals surface area contributed by atoms with E-state index in [1.807, 2.05) is 24.4 Å². The van der Waals surface area contributed by atoms with Gasteiger partial charge in [-0.25, -0.2) is 9.97 Å². The highest BCUT2D eigenvalue weighted by atomic mass is 16.5. The molecule has 0 spiro atoms. The number of imidazole rings is 1. The van der Waals surface area contributed by atoms with E-state index >= 15 is 0 Å². The van der Waals surface area contributed by atoms with E-state index in [-0.39, 0.29) is 12.1 Å². The van der Waals surface area contributed by atoms with Crippen LogP contribution in [-0.2, 0) is 4.74 Å². The average Bonchev–Trinajstić information content (AvgIpc) is 3.25. The maximum Gasteiger partial charge on any atom is 0.203 e. The van der Waals surface area contributed by atoms with Crippen molar-refractivity contribution in [2.75, 3.05) is 18.6 Å². The second-order valence-corrected chi connectivity index (χ2v) is 5.91. The molecular weight excluding hydrogens is 294 g/mol. The van der Waals surface area contributed by atoms with Gasteiger partial charge < -0.3 is 14.6 Å². The van der Waals surface area contributed by atoms with E-state index in [0.717, 1.165) is 41.6 Å². The molecule has 8 heteroatoms. The zero-order valence-corrected chi connectivity index (χ0v) is 13.4. The van der Waals surface area contributed by atoms with Crippen molar-refractivity contribution in [3.63, 3.8) is 0 Å². The maximum absolute atomic E-state index is 5.59. The van der Waals surface area contributed by atoms with E-state index < -0.39 is 0 Å². The molecule has 0 unspecified atom stereocenters. The molecule has 120 valence electrons. The Balaban J connectivity index is 1.79. The molecular formula is C15H19N7O. The molecule has 0 radical (unpaired) electrons. The van der Waals surface area contributed by atoms with Gasteiger partial charge in [0.2, 0.25) is 5.65 Å². The monoisotopic (exact) mass is 313 g/mol. The first kappa shape index (κ1) is 14.1. The molecule has 0 aliphatic carbocycles. The molecule has 3 aromatic heterocycles. The predicted octanol–water partition coefficient (Wildman–Crippen LogP) is 1.43. The first-order valence-electron chi connectivity index (χ1n) is 7.64. The van der Waals surface area contributed by atoms with Crippen LogP contribution in [0.25, 0.3) is 5.65 Å². The van der Waals surface area contributed by atoms with Crippen LogP contribution in [0, 0.1) is 13.8 Å². The second-order valence-electron chi connectivity index (χ2n) is 5.91. The van der Waals surface area contributed by atoms with Gasteiger partial charge in [-0.15, -0.1) is 10.2 Å². The minimum absolute atomic E-state index is 0.0859. The molecule has 1 N–H and O–H groups in total. The van der Waals surface area contributed by atoms with Gasteiger partial charge in [-0.3, -0.25) is 4.40 Å². The van der Waals surface area contributed by atoms with Crippen molar-refractivity contribution in [1.82, 2.24) is 29.5 Å². The second kappa shape index (κ2) is 5.31. The molecule has 8 nitrogen and oxygen atoms in total. The normalized spacial score (nSPS) is 21.4. The summed E-state index contributed by atoms with van der Waals surface area (Å²) in [5.74, 6) is 1.75. The molecule has 23 heavy (non-hydrogen) atoms. The highest BCUT2D eigenvalue weighted by Crippen LogP contribution is 2.36. The van der Waals surface area contributed by atoms with Crippen LogP contribution in [0.4, 0.5) is 5.82 Å². The number of nitrogens with one attached hydrogen (secondary N) is 1. The molecule has 1 aliphatic rings. The number of methoxy groups -OCH3 is 1. The zero-order valence-electron chi connectivity index (χ0n) is 13.4. The predicted molar refractivity (Wildman–Crippen MR) is 84.3 cm³/mol. The summed E-state index contributed by atoms with van der Waals surface area (Å²) in [6.07, 6.45) is 6.29. The number of anilines is 1. The van der Waals surface area contributed by atoms with Crippen LogP contribution in [0.15, 0.2) is 18.7 Å². The van der Waals surface area contributed by atoms with Crippen molar-refractivity contribution in [2.45, 2.75) is 32.4 Å². The van der Waals surface area contributed by atoms with Gasteiger partial charge in [-0.1, -0.05) is 0 Å². The number of nitrogens with zero attached hydrogens (tertiary/aromatic N) is 6. The fourth-order valence-electron chi connectivity index (χ4n) is 3.14. The fraction of sp³-hybridized carbons (Fsp3) is 0.467. The topological polar surface area (TPSA) is 84.2 Å². The lowest BCUT2D eigenvalue weighted by atomic mass is 10.2. The van der Waals surface area contributed by atoms with Crippen LogP contribution in [0.1, 0.15) is 29.7 Å². The molecule has 4 rings (SSSR count). The van der Waals surface area contributed by atoms with Crippen molar-refractivity contribution < 1.29 is 4.74 Å². The van der Waals surface area contributed by atoms with E-state index in [4.69, 9.17) is 4.74 Å². The van der Waals surface area contributed by atoms with Gasteiger partial charge >= 0.3 is 0 Å². The third-order valence-electron chi connectivity index (χ3n) is 4.53. The first-order chi connectivity index (χ1) is 11.2. The molecule has 4 heterocycles. The van der Waals surface area contributed by atoms with Crippen molar-refractivity contribution in [3.05, 3.63) is 35.9 Å². The van der Waals surface area contributed by atoms with Gasteiger partial charge in [0, 0.05) is 38.2 Å². The van der Waals surface area contributed by atoms with Gasteiger partial charge in [-0.2, -0.15) is 0 Å². The Hall–Kier alpha value is -2.48. The zero-order chi connectivity index (χ0) is 16.0. The lowest BCUT2D eigenvalue weighted by Gasteiger charge is -2.23. The number of aryl methyl sites for hydroxylation is 2. The minimum atomic E-state index is 0.0859. The maximum atomic E-state index is 5.59. The highest BCUT2D eigenvalue weighted by Gasteiger charge is 2.37. The van der Waals surface area contributed by atoms with E-state index in [1.165, 1.54) is 0 Å². The number of H-pyrrole nitrogens is 1. The van der Waals surface area contributed by atoms with Crippen LogP contribution in [0.5, 0.6) is 0 Å². The van der Waals surface area contributed by atoms with E-state index in [2.05, 4.69) is 30.0 Å². The molecule has 1 aliphatic heterocycles. The largest absolute Gasteiger partial charge is 0.380 e. The summed E-state index contributed by atoms with van der Waals surface area (Å²) in [7, 11) is 1.74. The van der Waals surface area contributed by atoms with Gasteiger partial charge in [0.15, 0.2) is 5.82 Å². The van der Waals surface area contributed by atoms with Gasteiger partial charge in [-0.05, 0) is 13.8 Å². The van der Waals surface area contributed by atoms with E-state index in [9.17, 15) is 0 Å². The Morgan fingerprint density at radius 2 is 2.22 bits per heavy atom. The number of aromatic amines is 1. The minimum Gasteiger partial charge on any atom is -0.380 e. The number of hydrogen-bond acceptors (Lipinski definition) is 6. The summed E-state index contributed by atoms with van der Waals surface area (Å²) in [6.45, 7) is 4.80. The molecule has 1 fully saturated rings. The SMILES string of the molecule is CO[C@@H]1C[C@@H](c2nc(C)c(C)[nH]2)N(c2nccn3cnnc23)C1. The van der Waals surface area contributed by atoms with Crippen molar-refractivity contribution >= 4 is 11.5 Å². The summed E-state index contributed by atoms with van der Waals surface area (Å²) >= 11 is 0. The number of fused-ring (bicyclic) bond motifs is 1. The highest BCUT2D eigenvalue weighted by molar-refractivity contribution is 5.64. The molecule has 0 aromatic carbocycles. The van der Waals surface area contributed by atoms with E-state index in [1.54, 1.807) is 19.6 Å². The lowest BCUT2D eigenvalue weighted by molar-refractivity contribution is 0.118. The molecule has 2 atom stereocenters. The Bertz CT molecular complexity index is 820. The third kappa shape index (κ3) is 2.26. The van der Waals surface area contributed by atoms with Crippen molar-refractivity contribution in [3.8, 4) is 0 Å². The summed E-state index contributed by atoms with van der Waals surface area (Å²) in [5.41, 5.74) is 2.86. The summed E-state index contributed by atoms with van der Waals surface area (Å²) in [4.78, 5) is 14.8. The standard InChI is InChI=1S/C15H19N7O/c1-9-10(2)19-13(18-9)12-6-11(23-3)7-22(12)14-15-20-17-8-21(15)5-4-16-14/h4-5,8,11-12H,6-7H2,1-3H3,(H,18,19)/t11-,12+/m1/s1. The summed E-state index contributed by atoms with van der Waals surface area (Å²) in [6, 6.07) is 0.0859. The first-order valence-corrected chi connectivity index (χ1v) is 7.64. The van der Waals surface area contributed by atoms with Crippen LogP contribution in [0.2, 0.25) is 0 Å². The fourth-order valence-corrected chi connectivity index (χ4v) is 3.14. The number of aromatic nitrogens is 6. The number of ether oxygens (including phenoxy) is 1. The van der Waals surface area contributed by atoms with Gasteiger partial charge in [0.05, 0.1) is 17.8 Å². The average molecular weight is 313 g/mol. The van der Waals surface area contributed by atoms with Crippen LogP contribution < -0.4 is 4.90 Å². The summed E-state index contributed by atoms with van der Waals surface area (Å²) in [5, 5.41) is 8.18. The Labute approximate surface area is 133 Å². The smallest absolute Gasteiger partial charge is 0.203 e. The van der Waals surface area contributed by atoms with E-state index in [0.29, 0.717) is 0 Å². The van der Waals surface area contributed by atoms with Gasteiger partial charge in [0.25, 0.3) is 0 Å². The Morgan fingerprint density at radius 3 is 2.96 bits per heavy atom. The summed E-state index contributed by atoms with van der Waals surface area (Å²) < 4.78 is 7.46. The van der Waals surface area contributed by atoms with Crippen LogP contribution >= 0.6 is 0 Å². The molecule has 0 amide bonds. The molecule has 0 saturated carbocycles.